The fourth-order valence-corrected chi connectivity index (χ4v) is 2.31. The first-order chi connectivity index (χ1) is 6.84. The summed E-state index contributed by atoms with van der Waals surface area (Å²) in [6.07, 6.45) is 5.92. The van der Waals surface area contributed by atoms with Crippen molar-refractivity contribution in [2.24, 2.45) is 0 Å². The van der Waals surface area contributed by atoms with Crippen molar-refractivity contribution >= 4 is 17.4 Å². The Labute approximate surface area is 89.1 Å². The highest BCUT2D eigenvalue weighted by molar-refractivity contribution is 7.09. The van der Waals surface area contributed by atoms with Gasteiger partial charge in [0.15, 0.2) is 0 Å². The van der Waals surface area contributed by atoms with E-state index in [-0.39, 0.29) is 0 Å². The third-order valence-corrected chi connectivity index (χ3v) is 3.25. The molecule has 1 aromatic rings. The molecular weight excluding hydrogens is 192 g/mol. The molecule has 0 radical (unpaired) electrons. The Hall–Kier alpha value is -0.670. The second-order valence-corrected chi connectivity index (χ2v) is 4.76. The first kappa shape index (κ1) is 9.87. The molecule has 1 N–H and O–H groups in total. The van der Waals surface area contributed by atoms with Crippen LogP contribution in [0, 0.1) is 6.92 Å². The molecule has 76 valence electrons. The highest BCUT2D eigenvalue weighted by Crippen LogP contribution is 2.17. The average molecular weight is 208 g/mol. The first-order valence-corrected chi connectivity index (χ1v) is 6.05. The van der Waals surface area contributed by atoms with E-state index >= 15 is 0 Å². The van der Waals surface area contributed by atoms with Gasteiger partial charge in [0, 0.05) is 5.38 Å². The zero-order valence-corrected chi connectivity index (χ0v) is 9.36. The zero-order chi connectivity index (χ0) is 9.80. The fraction of sp³-hybridized carbons (Fsp3) is 0.545. The topological polar surface area (TPSA) is 24.9 Å². The third kappa shape index (κ3) is 2.66. The molecule has 1 aliphatic rings. The number of hydrogen-bond donors (Lipinski definition) is 1. The number of rotatable bonds is 1. The minimum Gasteiger partial charge on any atom is -0.316 e. The Kier molecular flexibility index (Phi) is 3.32. The van der Waals surface area contributed by atoms with Crippen molar-refractivity contribution in [1.82, 2.24) is 10.3 Å². The maximum absolute atomic E-state index is 4.46. The largest absolute Gasteiger partial charge is 0.316 e. The lowest BCUT2D eigenvalue weighted by molar-refractivity contribution is 0.703. The highest BCUT2D eigenvalue weighted by Gasteiger charge is 2.04. The molecular formula is C11H16N2S. The van der Waals surface area contributed by atoms with Gasteiger partial charge in [-0.15, -0.1) is 11.3 Å². The Morgan fingerprint density at radius 3 is 3.14 bits per heavy atom. The maximum atomic E-state index is 4.46. The first-order valence-electron chi connectivity index (χ1n) is 5.17. The molecule has 0 spiro atoms. The summed E-state index contributed by atoms with van der Waals surface area (Å²) in [5.41, 5.74) is 2.68. The van der Waals surface area contributed by atoms with Crippen LogP contribution >= 0.6 is 11.3 Å². The van der Waals surface area contributed by atoms with Gasteiger partial charge in [-0.1, -0.05) is 5.57 Å². The second kappa shape index (κ2) is 4.71. The minimum absolute atomic E-state index is 1.12. The number of hydrogen-bond acceptors (Lipinski definition) is 3. The molecule has 2 heterocycles. The highest BCUT2D eigenvalue weighted by atomic mass is 32.1. The maximum Gasteiger partial charge on any atom is 0.0901 e. The van der Waals surface area contributed by atoms with Crippen LogP contribution in [0.3, 0.4) is 0 Å². The van der Waals surface area contributed by atoms with Gasteiger partial charge >= 0.3 is 0 Å². The Balaban J connectivity index is 2.08. The number of aromatic nitrogens is 1. The van der Waals surface area contributed by atoms with Gasteiger partial charge in [-0.2, -0.15) is 0 Å². The monoisotopic (exact) mass is 208 g/mol. The molecule has 1 fully saturated rings. The van der Waals surface area contributed by atoms with Crippen LogP contribution in [-0.4, -0.2) is 18.1 Å². The summed E-state index contributed by atoms with van der Waals surface area (Å²) < 4.78 is 0. The van der Waals surface area contributed by atoms with Crippen LogP contribution in [0.4, 0.5) is 0 Å². The predicted octanol–water partition coefficient (Wildman–Crippen LogP) is 2.61. The van der Waals surface area contributed by atoms with Gasteiger partial charge in [0.25, 0.3) is 0 Å². The molecule has 2 nitrogen and oxygen atoms in total. The van der Waals surface area contributed by atoms with Crippen LogP contribution in [-0.2, 0) is 0 Å². The summed E-state index contributed by atoms with van der Waals surface area (Å²) in [4.78, 5) is 4.46. The molecule has 0 saturated carbocycles. The van der Waals surface area contributed by atoms with Gasteiger partial charge in [0.1, 0.15) is 0 Å². The van der Waals surface area contributed by atoms with Crippen molar-refractivity contribution in [3.63, 3.8) is 0 Å². The van der Waals surface area contributed by atoms with Crippen LogP contribution < -0.4 is 5.32 Å². The fourth-order valence-electron chi connectivity index (χ4n) is 1.74. The number of nitrogens with zero attached hydrogens (tertiary/aromatic N) is 1. The predicted molar refractivity (Wildman–Crippen MR) is 61.5 cm³/mol. The number of nitrogens with one attached hydrogen (secondary N) is 1. The van der Waals surface area contributed by atoms with Gasteiger partial charge in [0.05, 0.1) is 10.7 Å². The molecule has 3 heteroatoms. The molecule has 0 unspecified atom stereocenters. The summed E-state index contributed by atoms with van der Waals surface area (Å²) in [7, 11) is 0. The lowest BCUT2D eigenvalue weighted by atomic mass is 10.1. The van der Waals surface area contributed by atoms with Crippen LogP contribution in [0.25, 0.3) is 6.08 Å². The molecule has 0 aromatic carbocycles. The van der Waals surface area contributed by atoms with E-state index in [2.05, 4.69) is 28.7 Å². The quantitative estimate of drug-likeness (QED) is 0.767. The Morgan fingerprint density at radius 1 is 1.43 bits per heavy atom. The molecule has 1 aromatic heterocycles. The van der Waals surface area contributed by atoms with Gasteiger partial charge in [0.2, 0.25) is 0 Å². The van der Waals surface area contributed by atoms with E-state index in [1.807, 2.05) is 0 Å². The molecule has 0 atom stereocenters. The third-order valence-electron chi connectivity index (χ3n) is 2.46. The molecule has 0 amide bonds. The minimum atomic E-state index is 1.12. The SMILES string of the molecule is Cc1nc(/C=C2/CCCNCC2)cs1. The van der Waals surface area contributed by atoms with Gasteiger partial charge < -0.3 is 5.32 Å². The van der Waals surface area contributed by atoms with Crippen molar-refractivity contribution in [2.45, 2.75) is 26.2 Å². The van der Waals surface area contributed by atoms with Crippen molar-refractivity contribution < 1.29 is 0 Å². The Morgan fingerprint density at radius 2 is 2.36 bits per heavy atom. The lowest BCUT2D eigenvalue weighted by Gasteiger charge is -1.99. The normalized spacial score (nSPS) is 21.1. The van der Waals surface area contributed by atoms with Crippen molar-refractivity contribution in [1.29, 1.82) is 0 Å². The lowest BCUT2D eigenvalue weighted by Crippen LogP contribution is -2.13. The molecule has 0 bridgehead atoms. The average Bonchev–Trinajstić information content (AvgIpc) is 2.43. The van der Waals surface area contributed by atoms with Gasteiger partial charge in [-0.25, -0.2) is 4.98 Å². The van der Waals surface area contributed by atoms with E-state index in [9.17, 15) is 0 Å². The second-order valence-electron chi connectivity index (χ2n) is 3.70. The van der Waals surface area contributed by atoms with Crippen LogP contribution in [0.15, 0.2) is 11.0 Å². The summed E-state index contributed by atoms with van der Waals surface area (Å²) >= 11 is 1.73. The summed E-state index contributed by atoms with van der Waals surface area (Å²) in [5.74, 6) is 0. The standard InChI is InChI=1S/C11H16N2S/c1-9-13-11(8-14-9)7-10-3-2-5-12-6-4-10/h7-8,12H,2-6H2,1H3/b10-7-. The summed E-state index contributed by atoms with van der Waals surface area (Å²) in [6.45, 7) is 4.34. The van der Waals surface area contributed by atoms with E-state index in [1.54, 1.807) is 16.9 Å². The summed E-state index contributed by atoms with van der Waals surface area (Å²) in [5, 5.41) is 6.71. The molecule has 1 saturated heterocycles. The Bertz CT molecular complexity index is 318. The number of thiazole rings is 1. The van der Waals surface area contributed by atoms with Crippen LogP contribution in [0.1, 0.15) is 30.0 Å². The van der Waals surface area contributed by atoms with E-state index in [0.29, 0.717) is 0 Å². The van der Waals surface area contributed by atoms with E-state index < -0.39 is 0 Å². The van der Waals surface area contributed by atoms with Crippen molar-refractivity contribution in [3.8, 4) is 0 Å². The van der Waals surface area contributed by atoms with Crippen LogP contribution in [0.2, 0.25) is 0 Å². The molecule has 14 heavy (non-hydrogen) atoms. The van der Waals surface area contributed by atoms with Crippen molar-refractivity contribution in [2.75, 3.05) is 13.1 Å². The van der Waals surface area contributed by atoms with E-state index in [1.165, 1.54) is 19.3 Å². The van der Waals surface area contributed by atoms with Crippen molar-refractivity contribution in [3.05, 3.63) is 21.7 Å². The van der Waals surface area contributed by atoms with E-state index in [4.69, 9.17) is 0 Å². The molecule has 0 aliphatic carbocycles. The number of aryl methyl sites for hydroxylation is 1. The summed E-state index contributed by atoms with van der Waals surface area (Å²) in [6, 6.07) is 0. The van der Waals surface area contributed by atoms with E-state index in [0.717, 1.165) is 23.8 Å². The van der Waals surface area contributed by atoms with Gasteiger partial charge in [-0.05, 0) is 45.4 Å². The smallest absolute Gasteiger partial charge is 0.0901 e. The molecule has 1 aliphatic heterocycles. The van der Waals surface area contributed by atoms with Crippen LogP contribution in [0.5, 0.6) is 0 Å². The zero-order valence-electron chi connectivity index (χ0n) is 8.55. The molecule has 2 rings (SSSR count). The van der Waals surface area contributed by atoms with Gasteiger partial charge in [-0.3, -0.25) is 0 Å².